The fraction of sp³-hybridized carbons (Fsp3) is 0.588. The summed E-state index contributed by atoms with van der Waals surface area (Å²) in [4.78, 5) is 11.5. The van der Waals surface area contributed by atoms with E-state index in [2.05, 4.69) is 5.32 Å². The molecule has 1 aromatic carbocycles. The van der Waals surface area contributed by atoms with Crippen molar-refractivity contribution in [3.8, 4) is 0 Å². The first-order chi connectivity index (χ1) is 10.5. The zero-order chi connectivity index (χ0) is 18.1. The first kappa shape index (κ1) is 22.0. The van der Waals surface area contributed by atoms with Gasteiger partial charge in [0.1, 0.15) is 6.29 Å². The summed E-state index contributed by atoms with van der Waals surface area (Å²) in [5, 5.41) is 9.44. The molecule has 6 heteroatoms. The molecule has 0 aliphatic carbocycles. The van der Waals surface area contributed by atoms with Crippen LogP contribution in [0.25, 0.3) is 10.6 Å². The zero-order valence-electron chi connectivity index (χ0n) is 14.6. The standard InChI is InChI=1S/C17H26N2O.2O.Os/c1-16(2,3)18-14(12-20)15(19-17(4,5)6)13-10-8-7-9-11-13;;;/h7-12,14-15H,1-6H3;;;/q-2;;;+2/t14-,15-;;;/m0.../s1. The number of nitrogens with zero attached hydrogens (tertiary/aromatic N) is 2. The summed E-state index contributed by atoms with van der Waals surface area (Å²) < 4.78 is 17.0. The Labute approximate surface area is 146 Å². The van der Waals surface area contributed by atoms with Crippen LogP contribution in [0.3, 0.4) is 0 Å². The number of hydrogen-bond acceptors (Lipinski definition) is 3. The van der Waals surface area contributed by atoms with Gasteiger partial charge in [-0.15, -0.1) is 17.1 Å². The van der Waals surface area contributed by atoms with Gasteiger partial charge in [0.05, 0.1) is 0 Å². The molecule has 0 N–H and O–H groups in total. The molecular weight excluding hydrogens is 470 g/mol. The van der Waals surface area contributed by atoms with Crippen molar-refractivity contribution in [2.24, 2.45) is 0 Å². The summed E-state index contributed by atoms with van der Waals surface area (Å²) in [5.74, 6) is 0. The molecule has 0 radical (unpaired) electrons. The summed E-state index contributed by atoms with van der Waals surface area (Å²) in [6, 6.07) is 9.25. The quantitative estimate of drug-likeness (QED) is 0.567. The van der Waals surface area contributed by atoms with Crippen LogP contribution in [-0.2, 0) is 29.2 Å². The van der Waals surface area contributed by atoms with E-state index in [4.69, 9.17) is 12.4 Å². The van der Waals surface area contributed by atoms with Crippen molar-refractivity contribution in [3.05, 3.63) is 46.5 Å². The molecule has 0 spiro atoms. The molecule has 0 aliphatic heterocycles. The van der Waals surface area contributed by atoms with E-state index < -0.39 is 23.4 Å². The van der Waals surface area contributed by atoms with Gasteiger partial charge in [-0.3, -0.25) is 0 Å². The van der Waals surface area contributed by atoms with Gasteiger partial charge < -0.3 is 15.4 Å². The molecule has 0 unspecified atom stereocenters. The predicted molar refractivity (Wildman–Crippen MR) is 86.6 cm³/mol. The molecule has 1 rings (SSSR count). The number of aldehydes is 1. The third-order valence-corrected chi connectivity index (χ3v) is 2.67. The van der Waals surface area contributed by atoms with Crippen molar-refractivity contribution < 1.29 is 29.2 Å². The van der Waals surface area contributed by atoms with E-state index in [-0.39, 0.29) is 17.1 Å². The first-order valence-corrected chi connectivity index (χ1v) is 9.43. The Morgan fingerprint density at radius 2 is 1.35 bits per heavy atom. The van der Waals surface area contributed by atoms with Crippen molar-refractivity contribution in [1.82, 2.24) is 0 Å². The Balaban J connectivity index is 0.00000149. The van der Waals surface area contributed by atoms with Crippen molar-refractivity contribution >= 4 is 6.29 Å². The summed E-state index contributed by atoms with van der Waals surface area (Å²) in [6.45, 7) is 12.1. The SMILES string of the molecule is CC(C)(C)[N-][C@@H](C=O)[C@@H]([N-]C(C)(C)C)c1ccccc1.[O]=[Os+2]=[O]. The van der Waals surface area contributed by atoms with Gasteiger partial charge in [0, 0.05) is 0 Å². The van der Waals surface area contributed by atoms with E-state index in [1.54, 1.807) is 0 Å². The second kappa shape index (κ2) is 10.0. The van der Waals surface area contributed by atoms with Crippen molar-refractivity contribution in [1.29, 1.82) is 0 Å². The maximum atomic E-state index is 11.5. The summed E-state index contributed by atoms with van der Waals surface area (Å²) in [6.07, 6.45) is 0.915. The third-order valence-electron chi connectivity index (χ3n) is 2.67. The Kier molecular flexibility index (Phi) is 9.61. The van der Waals surface area contributed by atoms with Gasteiger partial charge in [-0.2, -0.15) is 0 Å². The van der Waals surface area contributed by atoms with E-state index in [1.165, 1.54) is 0 Å². The van der Waals surface area contributed by atoms with Crippen LogP contribution in [0.1, 0.15) is 53.1 Å². The summed E-state index contributed by atoms with van der Waals surface area (Å²) >= 11 is -2.08. The minimum absolute atomic E-state index is 0.213. The van der Waals surface area contributed by atoms with Crippen LogP contribution in [0, 0.1) is 0 Å². The Hall–Kier alpha value is -0.954. The molecule has 0 fully saturated rings. The molecule has 0 aromatic heterocycles. The van der Waals surface area contributed by atoms with E-state index in [9.17, 15) is 4.79 Å². The van der Waals surface area contributed by atoms with Gasteiger partial charge in [0.15, 0.2) is 0 Å². The molecule has 0 saturated heterocycles. The molecule has 0 saturated carbocycles. The second-order valence-corrected chi connectivity index (χ2v) is 7.56. The van der Waals surface area contributed by atoms with Gasteiger partial charge >= 0.3 is 24.4 Å². The third kappa shape index (κ3) is 10.4. The van der Waals surface area contributed by atoms with Crippen LogP contribution in [0.2, 0.25) is 0 Å². The van der Waals surface area contributed by atoms with Gasteiger partial charge in [-0.25, -0.2) is 0 Å². The van der Waals surface area contributed by atoms with E-state index in [0.717, 1.165) is 11.8 Å². The topological polar surface area (TPSA) is 79.4 Å². The molecule has 1 aromatic rings. The van der Waals surface area contributed by atoms with Gasteiger partial charge in [-0.1, -0.05) is 83.5 Å². The average molecular weight is 497 g/mol. The minimum atomic E-state index is -2.08. The van der Waals surface area contributed by atoms with Crippen molar-refractivity contribution in [3.63, 3.8) is 0 Å². The zero-order valence-corrected chi connectivity index (χ0v) is 17.1. The summed E-state index contributed by atoms with van der Waals surface area (Å²) in [7, 11) is 0. The van der Waals surface area contributed by atoms with Gasteiger partial charge in [0.25, 0.3) is 0 Å². The van der Waals surface area contributed by atoms with Crippen LogP contribution < -0.4 is 0 Å². The number of benzene rings is 1. The monoisotopic (exact) mass is 498 g/mol. The van der Waals surface area contributed by atoms with Gasteiger partial charge in [0.2, 0.25) is 0 Å². The molecule has 130 valence electrons. The van der Waals surface area contributed by atoms with E-state index >= 15 is 0 Å². The normalized spacial score (nSPS) is 14.2. The molecule has 2 atom stereocenters. The number of hydrogen-bond donors (Lipinski definition) is 0. The fourth-order valence-corrected chi connectivity index (χ4v) is 2.04. The molecule has 0 aliphatic rings. The number of carbonyl (C=O) groups is 1. The summed E-state index contributed by atoms with van der Waals surface area (Å²) in [5.41, 5.74) is 0.564. The fourth-order valence-electron chi connectivity index (χ4n) is 2.04. The Morgan fingerprint density at radius 3 is 1.70 bits per heavy atom. The maximum absolute atomic E-state index is 11.5. The Morgan fingerprint density at radius 1 is 0.913 bits per heavy atom. The van der Waals surface area contributed by atoms with Crippen molar-refractivity contribution in [2.75, 3.05) is 0 Å². The molecule has 0 amide bonds. The first-order valence-electron chi connectivity index (χ1n) is 7.35. The molecule has 0 heterocycles. The number of carbonyl (C=O) groups excluding carboxylic acids is 1. The predicted octanol–water partition coefficient (Wildman–Crippen LogP) is 4.40. The van der Waals surface area contributed by atoms with Crippen LogP contribution in [0.15, 0.2) is 30.3 Å². The van der Waals surface area contributed by atoms with Gasteiger partial charge in [-0.05, 0) is 0 Å². The molecule has 0 bridgehead atoms. The molecule has 23 heavy (non-hydrogen) atoms. The van der Waals surface area contributed by atoms with E-state index in [0.29, 0.717) is 0 Å². The Bertz CT molecular complexity index is 501. The van der Waals surface area contributed by atoms with Crippen LogP contribution in [-0.4, -0.2) is 23.4 Å². The molecular formula is C17H26N2O3Os. The van der Waals surface area contributed by atoms with Crippen LogP contribution in [0.5, 0.6) is 0 Å². The second-order valence-electron chi connectivity index (χ2n) is 7.14. The number of rotatable bonds is 5. The van der Waals surface area contributed by atoms with Crippen LogP contribution >= 0.6 is 0 Å². The molecule has 5 nitrogen and oxygen atoms in total. The van der Waals surface area contributed by atoms with E-state index in [1.807, 2.05) is 71.9 Å². The van der Waals surface area contributed by atoms with Crippen LogP contribution in [0.4, 0.5) is 0 Å². The van der Waals surface area contributed by atoms with Crippen molar-refractivity contribution in [2.45, 2.75) is 64.7 Å². The average Bonchev–Trinajstić information content (AvgIpc) is 2.42.